The van der Waals surface area contributed by atoms with Crippen LogP contribution in [0.15, 0.2) is 24.3 Å². The first-order valence-corrected chi connectivity index (χ1v) is 6.19. The normalized spacial score (nSPS) is 10.4. The third-order valence-electron chi connectivity index (χ3n) is 2.29. The van der Waals surface area contributed by atoms with Crippen molar-refractivity contribution in [3.05, 3.63) is 40.0 Å². The lowest BCUT2D eigenvalue weighted by Crippen LogP contribution is -2.02. The molecule has 2 rings (SSSR count). The van der Waals surface area contributed by atoms with Crippen LogP contribution >= 0.6 is 23.2 Å². The van der Waals surface area contributed by atoms with Gasteiger partial charge in [0.25, 0.3) is 0 Å². The minimum absolute atomic E-state index is 0.241. The van der Waals surface area contributed by atoms with Crippen LogP contribution in [0.2, 0.25) is 10.0 Å². The Morgan fingerprint density at radius 3 is 2.39 bits per heavy atom. The first-order valence-electron chi connectivity index (χ1n) is 5.43. The number of aromatic nitrogens is 2. The van der Waals surface area contributed by atoms with E-state index in [1.54, 1.807) is 18.2 Å². The summed E-state index contributed by atoms with van der Waals surface area (Å²) in [6, 6.07) is 7.03. The van der Waals surface area contributed by atoms with Gasteiger partial charge in [-0.25, -0.2) is 4.98 Å². The van der Waals surface area contributed by atoms with E-state index in [-0.39, 0.29) is 5.95 Å². The second-order valence-electron chi connectivity index (χ2n) is 3.74. The van der Waals surface area contributed by atoms with E-state index in [2.05, 4.69) is 15.3 Å². The molecule has 0 radical (unpaired) electrons. The van der Waals surface area contributed by atoms with E-state index < -0.39 is 0 Å². The molecular weight excluding hydrogens is 271 g/mol. The molecule has 0 amide bonds. The molecule has 0 aliphatic carbocycles. The lowest BCUT2D eigenvalue weighted by Gasteiger charge is -2.08. The topological polar surface area (TPSA) is 63.8 Å². The number of nitrogens with zero attached hydrogens (tertiary/aromatic N) is 2. The Morgan fingerprint density at radius 1 is 1.11 bits per heavy atom. The summed E-state index contributed by atoms with van der Waals surface area (Å²) in [7, 11) is 0. The van der Waals surface area contributed by atoms with Crippen molar-refractivity contribution in [2.24, 2.45) is 0 Å². The first kappa shape index (κ1) is 12.9. The number of anilines is 3. The quantitative estimate of drug-likeness (QED) is 0.902. The first-order chi connectivity index (χ1) is 8.56. The minimum Gasteiger partial charge on any atom is -0.368 e. The van der Waals surface area contributed by atoms with Gasteiger partial charge in [0.2, 0.25) is 5.95 Å². The largest absolute Gasteiger partial charge is 0.368 e. The molecule has 0 atom stereocenters. The number of nitrogens with one attached hydrogen (secondary N) is 1. The number of rotatable bonds is 3. The van der Waals surface area contributed by atoms with Crippen molar-refractivity contribution < 1.29 is 0 Å². The van der Waals surface area contributed by atoms with Crippen molar-refractivity contribution >= 4 is 40.7 Å². The highest BCUT2D eigenvalue weighted by molar-refractivity contribution is 6.35. The van der Waals surface area contributed by atoms with Crippen LogP contribution in [0.1, 0.15) is 12.6 Å². The van der Waals surface area contributed by atoms with Crippen molar-refractivity contribution in [3.8, 4) is 0 Å². The number of nitrogens with two attached hydrogens (primary N) is 1. The standard InChI is InChI=1S/C12H12Cl2N4/c1-2-9-6-11(18-12(15)17-9)16-10-4-7(13)3-8(14)5-10/h3-6H,2H2,1H3,(H3,15,16,17,18). The molecule has 1 heterocycles. The maximum Gasteiger partial charge on any atom is 0.222 e. The highest BCUT2D eigenvalue weighted by Crippen LogP contribution is 2.25. The maximum absolute atomic E-state index is 5.92. The summed E-state index contributed by atoms with van der Waals surface area (Å²) in [4.78, 5) is 8.21. The van der Waals surface area contributed by atoms with Crippen molar-refractivity contribution in [2.45, 2.75) is 13.3 Å². The molecule has 0 saturated heterocycles. The molecule has 3 N–H and O–H groups in total. The highest BCUT2D eigenvalue weighted by atomic mass is 35.5. The zero-order valence-corrected chi connectivity index (χ0v) is 11.3. The smallest absolute Gasteiger partial charge is 0.222 e. The Labute approximate surface area is 115 Å². The predicted molar refractivity (Wildman–Crippen MR) is 75.6 cm³/mol. The van der Waals surface area contributed by atoms with Crippen LogP contribution in [-0.4, -0.2) is 9.97 Å². The average Bonchev–Trinajstić information content (AvgIpc) is 2.26. The Morgan fingerprint density at radius 2 is 1.78 bits per heavy atom. The molecule has 6 heteroatoms. The van der Waals surface area contributed by atoms with Crippen LogP contribution in [0, 0.1) is 0 Å². The van der Waals surface area contributed by atoms with Crippen molar-refractivity contribution in [3.63, 3.8) is 0 Å². The number of benzene rings is 1. The summed E-state index contributed by atoms with van der Waals surface area (Å²) in [5.41, 5.74) is 7.26. The van der Waals surface area contributed by atoms with Crippen LogP contribution in [-0.2, 0) is 6.42 Å². The highest BCUT2D eigenvalue weighted by Gasteiger charge is 2.03. The van der Waals surface area contributed by atoms with Gasteiger partial charge in [-0.1, -0.05) is 30.1 Å². The van der Waals surface area contributed by atoms with Gasteiger partial charge in [0, 0.05) is 27.5 Å². The molecule has 2 aromatic rings. The molecule has 94 valence electrons. The Kier molecular flexibility index (Phi) is 3.89. The summed E-state index contributed by atoms with van der Waals surface area (Å²) in [6.45, 7) is 2.00. The fraction of sp³-hybridized carbons (Fsp3) is 0.167. The molecular formula is C12H12Cl2N4. The third-order valence-corrected chi connectivity index (χ3v) is 2.73. The number of hydrogen-bond donors (Lipinski definition) is 2. The molecule has 1 aromatic heterocycles. The second-order valence-corrected chi connectivity index (χ2v) is 4.61. The average molecular weight is 283 g/mol. The fourth-order valence-electron chi connectivity index (χ4n) is 1.54. The maximum atomic E-state index is 5.92. The molecule has 0 fully saturated rings. The van der Waals surface area contributed by atoms with E-state index in [0.717, 1.165) is 17.8 Å². The van der Waals surface area contributed by atoms with Crippen LogP contribution in [0.3, 0.4) is 0 Å². The molecule has 0 saturated carbocycles. The zero-order chi connectivity index (χ0) is 13.1. The number of hydrogen-bond acceptors (Lipinski definition) is 4. The molecule has 4 nitrogen and oxygen atoms in total. The summed E-state index contributed by atoms with van der Waals surface area (Å²) >= 11 is 11.8. The van der Waals surface area contributed by atoms with E-state index in [4.69, 9.17) is 28.9 Å². The molecule has 0 aliphatic heterocycles. The van der Waals surface area contributed by atoms with Gasteiger partial charge in [-0.05, 0) is 24.6 Å². The lowest BCUT2D eigenvalue weighted by molar-refractivity contribution is 1.01. The van der Waals surface area contributed by atoms with Gasteiger partial charge in [-0.15, -0.1) is 0 Å². The zero-order valence-electron chi connectivity index (χ0n) is 9.74. The van der Waals surface area contributed by atoms with Crippen LogP contribution in [0.25, 0.3) is 0 Å². The van der Waals surface area contributed by atoms with Gasteiger partial charge in [0.1, 0.15) is 5.82 Å². The molecule has 0 aliphatic rings. The van der Waals surface area contributed by atoms with E-state index in [9.17, 15) is 0 Å². The fourth-order valence-corrected chi connectivity index (χ4v) is 2.06. The van der Waals surface area contributed by atoms with E-state index in [0.29, 0.717) is 15.9 Å². The Hall–Kier alpha value is -1.52. The Balaban J connectivity index is 2.30. The summed E-state index contributed by atoms with van der Waals surface area (Å²) in [6.07, 6.45) is 0.789. The van der Waals surface area contributed by atoms with Gasteiger partial charge < -0.3 is 11.1 Å². The summed E-state index contributed by atoms with van der Waals surface area (Å²) < 4.78 is 0. The van der Waals surface area contributed by atoms with Gasteiger partial charge >= 0.3 is 0 Å². The monoisotopic (exact) mass is 282 g/mol. The van der Waals surface area contributed by atoms with Crippen LogP contribution in [0.4, 0.5) is 17.5 Å². The molecule has 1 aromatic carbocycles. The van der Waals surface area contributed by atoms with Gasteiger partial charge in [0.15, 0.2) is 0 Å². The summed E-state index contributed by atoms with van der Waals surface area (Å²) in [5.74, 6) is 0.864. The Bertz CT molecular complexity index is 552. The number of halogens is 2. The number of nitrogen functional groups attached to an aromatic ring is 1. The van der Waals surface area contributed by atoms with Crippen LogP contribution in [0.5, 0.6) is 0 Å². The van der Waals surface area contributed by atoms with Crippen LogP contribution < -0.4 is 11.1 Å². The predicted octanol–water partition coefficient (Wildman–Crippen LogP) is 3.67. The molecule has 18 heavy (non-hydrogen) atoms. The van der Waals surface area contributed by atoms with Crippen molar-refractivity contribution in [1.29, 1.82) is 0 Å². The van der Waals surface area contributed by atoms with Gasteiger partial charge in [-0.2, -0.15) is 4.98 Å². The van der Waals surface area contributed by atoms with Crippen molar-refractivity contribution in [1.82, 2.24) is 9.97 Å². The third kappa shape index (κ3) is 3.24. The SMILES string of the molecule is CCc1cc(Nc2cc(Cl)cc(Cl)c2)nc(N)n1. The van der Waals surface area contributed by atoms with E-state index >= 15 is 0 Å². The van der Waals surface area contributed by atoms with E-state index in [1.807, 2.05) is 13.0 Å². The van der Waals surface area contributed by atoms with Gasteiger partial charge in [-0.3, -0.25) is 0 Å². The van der Waals surface area contributed by atoms with Gasteiger partial charge in [0.05, 0.1) is 0 Å². The van der Waals surface area contributed by atoms with Crippen molar-refractivity contribution in [2.75, 3.05) is 11.1 Å². The van der Waals surface area contributed by atoms with E-state index in [1.165, 1.54) is 0 Å². The second kappa shape index (κ2) is 5.42. The molecule has 0 spiro atoms. The lowest BCUT2D eigenvalue weighted by atomic mass is 10.3. The molecule has 0 unspecified atom stereocenters. The minimum atomic E-state index is 0.241. The number of aryl methyl sites for hydroxylation is 1. The molecule has 0 bridgehead atoms. The summed E-state index contributed by atoms with van der Waals surface area (Å²) in [5, 5.41) is 4.22.